The van der Waals surface area contributed by atoms with Gasteiger partial charge >= 0.3 is 0 Å². The van der Waals surface area contributed by atoms with Gasteiger partial charge in [-0.2, -0.15) is 0 Å². The van der Waals surface area contributed by atoms with Crippen LogP contribution in [-0.2, 0) is 0 Å². The lowest BCUT2D eigenvalue weighted by atomic mass is 9.91. The number of hydrogen-bond donors (Lipinski definition) is 0. The zero-order valence-corrected chi connectivity index (χ0v) is 43.0. The second kappa shape index (κ2) is 21.4. The summed E-state index contributed by atoms with van der Waals surface area (Å²) in [6.45, 7) is 0. The zero-order chi connectivity index (χ0) is 52.0. The van der Waals surface area contributed by atoms with E-state index in [1.54, 1.807) is 0 Å². The predicted molar refractivity (Wildman–Crippen MR) is 331 cm³/mol. The maximum Gasteiger partial charge on any atom is 0.0620 e. The second-order valence-corrected chi connectivity index (χ2v) is 19.3. The second-order valence-electron chi connectivity index (χ2n) is 19.3. The van der Waals surface area contributed by atoms with Crippen LogP contribution in [0.4, 0.5) is 68.2 Å². The Morgan fingerprint density at radius 1 is 0.141 bits per heavy atom. The van der Waals surface area contributed by atoms with Gasteiger partial charge in [0.2, 0.25) is 0 Å². The Balaban J connectivity index is 1.05. The molecule has 0 spiro atoms. The first kappa shape index (κ1) is 47.3. The molecular weight excluding hydrogens is 945 g/mol. The SMILES string of the molecule is c1ccc(N(c2ccccc2)c2ccc(-c3ccc4c(N(c5ccccc5)c5ccccc5)c5cc(-c6ccc(N(c7ccccc7)c7ccccc7)cc6)ccc5c(N(c5ccccc5)c5ccccc5)c4c3)cc2)cc1. The number of fused-ring (bicyclic) bond motifs is 2. The Morgan fingerprint density at radius 3 is 0.564 bits per heavy atom. The number of nitrogens with zero attached hydrogens (tertiary/aromatic N) is 4. The lowest BCUT2D eigenvalue weighted by Crippen LogP contribution is -2.14. The normalized spacial score (nSPS) is 11.1. The van der Waals surface area contributed by atoms with E-state index >= 15 is 0 Å². The molecule has 0 unspecified atom stereocenters. The van der Waals surface area contributed by atoms with Gasteiger partial charge in [-0.15, -0.1) is 0 Å². The minimum Gasteiger partial charge on any atom is -0.311 e. The molecular formula is C74H54N4. The van der Waals surface area contributed by atoms with Crippen LogP contribution in [0, 0.1) is 0 Å². The van der Waals surface area contributed by atoms with Crippen LogP contribution in [-0.4, -0.2) is 0 Å². The molecule has 0 aliphatic rings. The molecule has 0 saturated carbocycles. The van der Waals surface area contributed by atoms with Gasteiger partial charge in [0.25, 0.3) is 0 Å². The molecule has 13 aromatic carbocycles. The van der Waals surface area contributed by atoms with Crippen LogP contribution in [0.25, 0.3) is 43.8 Å². The van der Waals surface area contributed by atoms with Crippen LogP contribution in [0.1, 0.15) is 0 Å². The molecule has 0 aromatic heterocycles. The smallest absolute Gasteiger partial charge is 0.0620 e. The van der Waals surface area contributed by atoms with Gasteiger partial charge in [-0.05, 0) is 156 Å². The van der Waals surface area contributed by atoms with E-state index < -0.39 is 0 Å². The molecule has 13 aromatic rings. The van der Waals surface area contributed by atoms with Crippen molar-refractivity contribution in [2.45, 2.75) is 0 Å². The van der Waals surface area contributed by atoms with Crippen molar-refractivity contribution in [3.63, 3.8) is 0 Å². The van der Waals surface area contributed by atoms with Crippen molar-refractivity contribution in [3.05, 3.63) is 328 Å². The quantitative estimate of drug-likeness (QED) is 0.0795. The first-order chi connectivity index (χ1) is 38.7. The van der Waals surface area contributed by atoms with Gasteiger partial charge in [-0.1, -0.05) is 194 Å². The third kappa shape index (κ3) is 9.29. The largest absolute Gasteiger partial charge is 0.311 e. The topological polar surface area (TPSA) is 13.0 Å². The number of para-hydroxylation sites is 8. The molecule has 4 heteroatoms. The average molecular weight is 999 g/mol. The highest BCUT2D eigenvalue weighted by Crippen LogP contribution is 2.53. The van der Waals surface area contributed by atoms with Crippen molar-refractivity contribution >= 4 is 89.8 Å². The van der Waals surface area contributed by atoms with Gasteiger partial charge in [0.15, 0.2) is 0 Å². The molecule has 0 fully saturated rings. The van der Waals surface area contributed by atoms with Crippen molar-refractivity contribution in [2.75, 3.05) is 19.6 Å². The molecule has 370 valence electrons. The Bertz CT molecular complexity index is 3660. The van der Waals surface area contributed by atoms with E-state index in [4.69, 9.17) is 0 Å². The van der Waals surface area contributed by atoms with Crippen LogP contribution < -0.4 is 19.6 Å². The highest BCUT2D eigenvalue weighted by atomic mass is 15.2. The van der Waals surface area contributed by atoms with E-state index in [9.17, 15) is 0 Å². The molecule has 78 heavy (non-hydrogen) atoms. The Hall–Kier alpha value is -10.4. The molecule has 0 bridgehead atoms. The molecule has 0 aliphatic heterocycles. The van der Waals surface area contributed by atoms with Gasteiger partial charge in [-0.3, -0.25) is 0 Å². The minimum atomic E-state index is 1.07. The molecule has 0 saturated heterocycles. The highest BCUT2D eigenvalue weighted by molar-refractivity contribution is 6.24. The van der Waals surface area contributed by atoms with Crippen LogP contribution in [0.2, 0.25) is 0 Å². The summed E-state index contributed by atoms with van der Waals surface area (Å²) in [6.07, 6.45) is 0. The Labute approximate surface area is 456 Å². The molecule has 4 nitrogen and oxygen atoms in total. The Kier molecular flexibility index (Phi) is 13.0. The third-order valence-electron chi connectivity index (χ3n) is 14.5. The van der Waals surface area contributed by atoms with Crippen LogP contribution in [0.3, 0.4) is 0 Å². The van der Waals surface area contributed by atoms with Gasteiger partial charge in [0, 0.05) is 78.4 Å². The van der Waals surface area contributed by atoms with E-state index in [2.05, 4.69) is 347 Å². The average Bonchev–Trinajstić information content (AvgIpc) is 3.57. The van der Waals surface area contributed by atoms with Gasteiger partial charge in [-0.25, -0.2) is 0 Å². The number of rotatable bonds is 14. The number of hydrogen-bond acceptors (Lipinski definition) is 4. The fourth-order valence-electron chi connectivity index (χ4n) is 11.0. The maximum absolute atomic E-state index is 2.45. The van der Waals surface area contributed by atoms with E-state index in [-0.39, 0.29) is 0 Å². The fourth-order valence-corrected chi connectivity index (χ4v) is 11.0. The summed E-state index contributed by atoms with van der Waals surface area (Å²) in [7, 11) is 0. The number of anilines is 12. The molecule has 0 radical (unpaired) electrons. The van der Waals surface area contributed by atoms with Crippen LogP contribution in [0.15, 0.2) is 328 Å². The van der Waals surface area contributed by atoms with E-state index in [0.717, 1.165) is 112 Å². The summed E-state index contributed by atoms with van der Waals surface area (Å²) < 4.78 is 0. The lowest BCUT2D eigenvalue weighted by molar-refractivity contribution is 1.28. The molecule has 13 rings (SSSR count). The van der Waals surface area contributed by atoms with Crippen LogP contribution >= 0.6 is 0 Å². The first-order valence-electron chi connectivity index (χ1n) is 26.6. The van der Waals surface area contributed by atoms with Gasteiger partial charge < -0.3 is 19.6 Å². The zero-order valence-electron chi connectivity index (χ0n) is 43.0. The molecule has 0 N–H and O–H groups in total. The van der Waals surface area contributed by atoms with E-state index in [0.29, 0.717) is 0 Å². The van der Waals surface area contributed by atoms with Crippen molar-refractivity contribution < 1.29 is 0 Å². The summed E-state index contributed by atoms with van der Waals surface area (Å²) in [5, 5.41) is 4.49. The van der Waals surface area contributed by atoms with E-state index in [1.807, 2.05) is 0 Å². The van der Waals surface area contributed by atoms with Crippen molar-refractivity contribution in [1.29, 1.82) is 0 Å². The summed E-state index contributed by atoms with van der Waals surface area (Å²) in [5.41, 5.74) is 17.6. The monoisotopic (exact) mass is 998 g/mol. The van der Waals surface area contributed by atoms with Crippen molar-refractivity contribution in [2.24, 2.45) is 0 Å². The van der Waals surface area contributed by atoms with Gasteiger partial charge in [0.1, 0.15) is 0 Å². The summed E-state index contributed by atoms with van der Waals surface area (Å²) in [5.74, 6) is 0. The summed E-state index contributed by atoms with van der Waals surface area (Å²) >= 11 is 0. The molecule has 0 heterocycles. The first-order valence-corrected chi connectivity index (χ1v) is 26.6. The highest BCUT2D eigenvalue weighted by Gasteiger charge is 2.27. The third-order valence-corrected chi connectivity index (χ3v) is 14.5. The summed E-state index contributed by atoms with van der Waals surface area (Å²) in [4.78, 5) is 9.52. The molecule has 0 atom stereocenters. The predicted octanol–water partition coefficient (Wildman–Crippen LogP) is 21.2. The lowest BCUT2D eigenvalue weighted by Gasteiger charge is -2.33. The van der Waals surface area contributed by atoms with Crippen molar-refractivity contribution in [1.82, 2.24) is 0 Å². The van der Waals surface area contributed by atoms with Crippen molar-refractivity contribution in [3.8, 4) is 22.3 Å². The molecule has 0 amide bonds. The van der Waals surface area contributed by atoms with E-state index in [1.165, 1.54) is 0 Å². The number of benzene rings is 13. The van der Waals surface area contributed by atoms with Crippen LogP contribution in [0.5, 0.6) is 0 Å². The minimum absolute atomic E-state index is 1.07. The fraction of sp³-hybridized carbons (Fsp3) is 0. The summed E-state index contributed by atoms with van der Waals surface area (Å²) in [6, 6.07) is 118. The van der Waals surface area contributed by atoms with Gasteiger partial charge in [0.05, 0.1) is 11.4 Å². The molecule has 0 aliphatic carbocycles. The Morgan fingerprint density at radius 2 is 0.333 bits per heavy atom. The standard InChI is InChI=1S/C74H54N4/c1-9-25-59(26-10-1)75(60-27-11-2-12-28-60)67-47-41-55(42-48-67)57-45-51-69-71(53-57)73(77(63-33-17-5-18-34-63)64-35-19-6-20-36-64)70-52-46-58(54-72(70)74(69)78(65-37-21-7-22-38-65)66-39-23-8-24-40-66)56-43-49-68(50-44-56)76(61-29-13-3-14-30-61)62-31-15-4-16-32-62/h1-54H. The maximum atomic E-state index is 2.45.